The normalized spacial score (nSPS) is 17.2. The van der Waals surface area contributed by atoms with Crippen LogP contribution < -0.4 is 9.64 Å². The highest BCUT2D eigenvalue weighted by Crippen LogP contribution is 2.47. The Morgan fingerprint density at radius 3 is 2.55 bits per heavy atom. The second-order valence-corrected chi connectivity index (χ2v) is 9.29. The number of hydrogen-bond donors (Lipinski definition) is 0. The van der Waals surface area contributed by atoms with Crippen molar-refractivity contribution < 1.29 is 13.9 Å². The molecule has 0 atom stereocenters. The van der Waals surface area contributed by atoms with Gasteiger partial charge in [0.25, 0.3) is 5.91 Å². The van der Waals surface area contributed by atoms with Gasteiger partial charge in [0.15, 0.2) is 6.61 Å². The molecule has 3 aromatic carbocycles. The number of benzene rings is 3. The van der Waals surface area contributed by atoms with Crippen LogP contribution in [0.15, 0.2) is 72.8 Å². The fraction of sp³-hybridized carbons (Fsp3) is 0.321. The zero-order valence-electron chi connectivity index (χ0n) is 19.0. The van der Waals surface area contributed by atoms with Crippen molar-refractivity contribution in [3.8, 4) is 5.75 Å². The number of likely N-dealkylation sites (tertiary alicyclic amines) is 1. The lowest BCUT2D eigenvalue weighted by atomic mass is 9.74. The minimum absolute atomic E-state index is 0.0111. The number of aryl methyl sites for hydroxylation is 1. The lowest BCUT2D eigenvalue weighted by molar-refractivity contribution is -0.120. The Kier molecular flexibility index (Phi) is 5.90. The third-order valence-corrected chi connectivity index (χ3v) is 6.99. The number of hydrogen-bond acceptors (Lipinski definition) is 3. The van der Waals surface area contributed by atoms with Crippen LogP contribution in [-0.4, -0.2) is 37.0 Å². The van der Waals surface area contributed by atoms with Crippen molar-refractivity contribution >= 4 is 11.6 Å². The van der Waals surface area contributed by atoms with Crippen molar-refractivity contribution in [2.75, 3.05) is 31.1 Å². The molecule has 0 bridgehead atoms. The molecule has 0 aliphatic carbocycles. The van der Waals surface area contributed by atoms with E-state index >= 15 is 0 Å². The minimum atomic E-state index is -0.187. The van der Waals surface area contributed by atoms with Gasteiger partial charge in [-0.3, -0.25) is 9.69 Å². The molecule has 2 aliphatic heterocycles. The zero-order valence-corrected chi connectivity index (χ0v) is 19.0. The van der Waals surface area contributed by atoms with Gasteiger partial charge in [-0.2, -0.15) is 0 Å². The van der Waals surface area contributed by atoms with E-state index in [0.717, 1.165) is 43.7 Å². The average Bonchev–Trinajstić information content (AvgIpc) is 3.13. The summed E-state index contributed by atoms with van der Waals surface area (Å²) in [6.07, 6.45) is 1.95. The van der Waals surface area contributed by atoms with Gasteiger partial charge in [-0.1, -0.05) is 48.0 Å². The minimum Gasteiger partial charge on any atom is -0.484 e. The van der Waals surface area contributed by atoms with Crippen molar-refractivity contribution in [3.63, 3.8) is 0 Å². The summed E-state index contributed by atoms with van der Waals surface area (Å²) in [5, 5.41) is 0. The highest BCUT2D eigenvalue weighted by molar-refractivity contribution is 5.97. The molecule has 1 spiro atoms. The number of amides is 1. The number of para-hydroxylation sites is 1. The Balaban J connectivity index is 1.30. The smallest absolute Gasteiger partial charge is 0.264 e. The molecule has 4 nitrogen and oxygen atoms in total. The topological polar surface area (TPSA) is 32.8 Å². The first kappa shape index (κ1) is 21.7. The third kappa shape index (κ3) is 4.51. The number of fused-ring (bicyclic) bond motifs is 2. The molecule has 0 aromatic heterocycles. The molecule has 0 N–H and O–H groups in total. The lowest BCUT2D eigenvalue weighted by Gasteiger charge is -2.40. The Morgan fingerprint density at radius 1 is 1.00 bits per heavy atom. The summed E-state index contributed by atoms with van der Waals surface area (Å²) in [6, 6.07) is 22.7. The number of ether oxygens (including phenoxy) is 1. The monoisotopic (exact) mass is 444 g/mol. The van der Waals surface area contributed by atoms with Crippen LogP contribution >= 0.6 is 0 Å². The van der Waals surface area contributed by atoms with Gasteiger partial charge in [0, 0.05) is 24.2 Å². The van der Waals surface area contributed by atoms with Gasteiger partial charge in [0.2, 0.25) is 0 Å². The molecule has 1 saturated heterocycles. The van der Waals surface area contributed by atoms with E-state index in [2.05, 4.69) is 30.0 Å². The first-order valence-corrected chi connectivity index (χ1v) is 11.6. The molecule has 33 heavy (non-hydrogen) atoms. The van der Waals surface area contributed by atoms with Gasteiger partial charge >= 0.3 is 0 Å². The molecule has 5 heteroatoms. The number of carbonyl (C=O) groups excluding carboxylic acids is 1. The second-order valence-electron chi connectivity index (χ2n) is 9.29. The molecule has 5 rings (SSSR count). The summed E-state index contributed by atoms with van der Waals surface area (Å²) in [6.45, 7) is 5.42. The number of piperidine rings is 1. The predicted octanol–water partition coefficient (Wildman–Crippen LogP) is 5.09. The first-order chi connectivity index (χ1) is 16.0. The van der Waals surface area contributed by atoms with Crippen LogP contribution in [-0.2, 0) is 16.8 Å². The Hall–Kier alpha value is -3.18. The molecular weight excluding hydrogens is 415 g/mol. The van der Waals surface area contributed by atoms with Crippen LogP contribution in [0.4, 0.5) is 10.1 Å². The molecule has 3 aromatic rings. The van der Waals surface area contributed by atoms with Gasteiger partial charge in [-0.25, -0.2) is 4.39 Å². The van der Waals surface area contributed by atoms with Gasteiger partial charge in [-0.15, -0.1) is 0 Å². The maximum atomic E-state index is 13.6. The molecule has 2 heterocycles. The summed E-state index contributed by atoms with van der Waals surface area (Å²) in [5.41, 5.74) is 4.47. The number of rotatable bonds is 5. The van der Waals surface area contributed by atoms with Gasteiger partial charge in [-0.05, 0) is 74.3 Å². The summed E-state index contributed by atoms with van der Waals surface area (Å²) >= 11 is 0. The molecule has 0 saturated carbocycles. The van der Waals surface area contributed by atoms with Gasteiger partial charge < -0.3 is 9.64 Å². The van der Waals surface area contributed by atoms with Crippen molar-refractivity contribution in [2.24, 2.45) is 0 Å². The Labute approximate surface area is 194 Å². The molecule has 0 unspecified atom stereocenters. The van der Waals surface area contributed by atoms with E-state index in [1.54, 1.807) is 12.1 Å². The molecule has 170 valence electrons. The predicted molar refractivity (Wildman–Crippen MR) is 128 cm³/mol. The van der Waals surface area contributed by atoms with Crippen molar-refractivity contribution in [1.29, 1.82) is 0 Å². The van der Waals surface area contributed by atoms with E-state index in [-0.39, 0.29) is 23.7 Å². The fourth-order valence-electron chi connectivity index (χ4n) is 5.21. The Morgan fingerprint density at radius 2 is 1.79 bits per heavy atom. The van der Waals surface area contributed by atoms with Crippen molar-refractivity contribution in [2.45, 2.75) is 31.7 Å². The number of anilines is 1. The van der Waals surface area contributed by atoms with E-state index in [4.69, 9.17) is 4.74 Å². The number of nitrogens with zero attached hydrogens (tertiary/aromatic N) is 2. The van der Waals surface area contributed by atoms with Gasteiger partial charge in [0.05, 0.1) is 0 Å². The largest absolute Gasteiger partial charge is 0.484 e. The molecule has 0 radical (unpaired) electrons. The summed E-state index contributed by atoms with van der Waals surface area (Å²) in [7, 11) is 0. The molecule has 1 amide bonds. The second kappa shape index (κ2) is 8.99. The average molecular weight is 445 g/mol. The van der Waals surface area contributed by atoms with Crippen LogP contribution in [0, 0.1) is 12.7 Å². The molecular formula is C28H29FN2O2. The highest BCUT2D eigenvalue weighted by atomic mass is 19.1. The van der Waals surface area contributed by atoms with Crippen LogP contribution in [0.5, 0.6) is 5.75 Å². The zero-order chi connectivity index (χ0) is 22.8. The number of halogens is 1. The van der Waals surface area contributed by atoms with E-state index < -0.39 is 0 Å². The summed E-state index contributed by atoms with van der Waals surface area (Å²) in [5.74, 6) is 0.505. The first-order valence-electron chi connectivity index (χ1n) is 11.6. The fourth-order valence-corrected chi connectivity index (χ4v) is 5.21. The van der Waals surface area contributed by atoms with Crippen LogP contribution in [0.25, 0.3) is 0 Å². The van der Waals surface area contributed by atoms with Gasteiger partial charge in [0.1, 0.15) is 11.6 Å². The van der Waals surface area contributed by atoms with E-state index in [1.807, 2.05) is 41.3 Å². The standard InChI is InChI=1S/C28H29FN2O2/c1-21-10-11-26-25(16-21)28(20-31(26)27(32)19-33-24-8-3-2-4-9-24)12-14-30(15-13-28)18-22-6-5-7-23(29)17-22/h2-11,16-17H,12-15,18-20H2,1H3. The number of carbonyl (C=O) groups is 1. The Bertz CT molecular complexity index is 1140. The van der Waals surface area contributed by atoms with Crippen LogP contribution in [0.3, 0.4) is 0 Å². The maximum absolute atomic E-state index is 13.6. The van der Waals surface area contributed by atoms with E-state index in [9.17, 15) is 9.18 Å². The lowest BCUT2D eigenvalue weighted by Crippen LogP contribution is -2.46. The maximum Gasteiger partial charge on any atom is 0.264 e. The van der Waals surface area contributed by atoms with Crippen molar-refractivity contribution in [3.05, 3.63) is 95.3 Å². The molecule has 2 aliphatic rings. The quantitative estimate of drug-likeness (QED) is 0.549. The SMILES string of the molecule is Cc1ccc2c(c1)C1(CCN(Cc3cccc(F)c3)CC1)CN2C(=O)COc1ccccc1. The highest BCUT2D eigenvalue weighted by Gasteiger charge is 2.46. The molecule has 1 fully saturated rings. The van der Waals surface area contributed by atoms with Crippen LogP contribution in [0.1, 0.15) is 29.5 Å². The van der Waals surface area contributed by atoms with E-state index in [1.165, 1.54) is 17.2 Å². The van der Waals surface area contributed by atoms with Crippen LogP contribution in [0.2, 0.25) is 0 Å². The van der Waals surface area contributed by atoms with E-state index in [0.29, 0.717) is 12.3 Å². The third-order valence-electron chi connectivity index (χ3n) is 6.99. The van der Waals surface area contributed by atoms with Crippen molar-refractivity contribution in [1.82, 2.24) is 4.90 Å². The summed E-state index contributed by atoms with van der Waals surface area (Å²) < 4.78 is 19.3. The summed E-state index contributed by atoms with van der Waals surface area (Å²) in [4.78, 5) is 17.5.